The van der Waals surface area contributed by atoms with Crippen molar-refractivity contribution < 1.29 is 9.59 Å². The number of amides is 2. The van der Waals surface area contributed by atoms with Gasteiger partial charge in [0.05, 0.1) is 18.5 Å². The summed E-state index contributed by atoms with van der Waals surface area (Å²) in [5.74, 6) is 0.847. The average molecular weight is 379 g/mol. The van der Waals surface area contributed by atoms with Crippen molar-refractivity contribution >= 4 is 11.8 Å². The van der Waals surface area contributed by atoms with Crippen LogP contribution in [0.4, 0.5) is 0 Å². The Morgan fingerprint density at radius 1 is 1.26 bits per heavy atom. The summed E-state index contributed by atoms with van der Waals surface area (Å²) >= 11 is 0. The van der Waals surface area contributed by atoms with Crippen LogP contribution in [0.1, 0.15) is 19.3 Å². The second-order valence-electron chi connectivity index (χ2n) is 7.70. The molecular formula is C16H29N9O2. The topological polar surface area (TPSA) is 116 Å². The van der Waals surface area contributed by atoms with Gasteiger partial charge < -0.3 is 15.1 Å². The number of nitrogens with one attached hydrogen (secondary N) is 6. The molecule has 0 saturated carbocycles. The second-order valence-corrected chi connectivity index (χ2v) is 7.70. The summed E-state index contributed by atoms with van der Waals surface area (Å²) in [7, 11) is 2.01. The Morgan fingerprint density at radius 2 is 2.07 bits per heavy atom. The monoisotopic (exact) mass is 379 g/mol. The maximum absolute atomic E-state index is 12.6. The summed E-state index contributed by atoms with van der Waals surface area (Å²) in [5.41, 5.74) is 14.3. The first-order valence-electron chi connectivity index (χ1n) is 9.54. The fourth-order valence-corrected chi connectivity index (χ4v) is 4.36. The molecular weight excluding hydrogens is 350 g/mol. The quantitative estimate of drug-likeness (QED) is 0.287. The minimum atomic E-state index is -0.297. The Labute approximate surface area is 158 Å². The Hall–Kier alpha value is -1.92. The smallest absolute Gasteiger partial charge is 0.261 e. The first-order chi connectivity index (χ1) is 13.0. The molecule has 0 unspecified atom stereocenters. The van der Waals surface area contributed by atoms with Gasteiger partial charge in [0.25, 0.3) is 11.8 Å². The SMILES string of the molecule is C=C1N(C)[C@@H]2CC[C@@H](C(=O)NNC(=O)[C@@H]3C[C@H](CN4NCNN4)CN3)N1C2. The van der Waals surface area contributed by atoms with Crippen LogP contribution < -0.4 is 32.6 Å². The van der Waals surface area contributed by atoms with Crippen molar-refractivity contribution in [3.63, 3.8) is 0 Å². The van der Waals surface area contributed by atoms with Gasteiger partial charge >= 0.3 is 0 Å². The molecule has 4 aliphatic rings. The van der Waals surface area contributed by atoms with E-state index in [1.165, 1.54) is 0 Å². The summed E-state index contributed by atoms with van der Waals surface area (Å²) in [4.78, 5) is 29.1. The first kappa shape index (κ1) is 18.4. The highest BCUT2D eigenvalue weighted by atomic mass is 16.2. The van der Waals surface area contributed by atoms with Gasteiger partial charge in [0.2, 0.25) is 0 Å². The Morgan fingerprint density at radius 3 is 2.85 bits per heavy atom. The molecule has 4 fully saturated rings. The Kier molecular flexibility index (Phi) is 5.19. The van der Waals surface area contributed by atoms with Crippen LogP contribution in [0.3, 0.4) is 0 Å². The normalized spacial score (nSPS) is 33.6. The zero-order valence-corrected chi connectivity index (χ0v) is 15.6. The maximum Gasteiger partial charge on any atom is 0.261 e. The zero-order chi connectivity index (χ0) is 19.0. The fourth-order valence-electron chi connectivity index (χ4n) is 4.36. The predicted molar refractivity (Wildman–Crippen MR) is 97.6 cm³/mol. The summed E-state index contributed by atoms with van der Waals surface area (Å²) in [6.07, 6.45) is 2.45. The molecule has 0 spiro atoms. The number of fused-ring (bicyclic) bond motifs is 2. The lowest BCUT2D eigenvalue weighted by Crippen LogP contribution is -2.55. The minimum Gasteiger partial charge on any atom is -0.357 e. The van der Waals surface area contributed by atoms with Gasteiger partial charge in [-0.25, -0.2) is 10.9 Å². The van der Waals surface area contributed by atoms with Crippen molar-refractivity contribution in [2.75, 3.05) is 33.4 Å². The lowest BCUT2D eigenvalue weighted by Gasteiger charge is -2.31. The van der Waals surface area contributed by atoms with Gasteiger partial charge in [0.1, 0.15) is 6.04 Å². The third kappa shape index (κ3) is 3.73. The van der Waals surface area contributed by atoms with Gasteiger partial charge in [0, 0.05) is 32.7 Å². The van der Waals surface area contributed by atoms with E-state index in [0.717, 1.165) is 44.7 Å². The van der Waals surface area contributed by atoms with Crippen LogP contribution >= 0.6 is 0 Å². The first-order valence-corrected chi connectivity index (χ1v) is 9.54. The molecule has 6 N–H and O–H groups in total. The maximum atomic E-state index is 12.6. The van der Waals surface area contributed by atoms with E-state index in [4.69, 9.17) is 0 Å². The summed E-state index contributed by atoms with van der Waals surface area (Å²) in [6.45, 7) is 7.11. The minimum absolute atomic E-state index is 0.177. The van der Waals surface area contributed by atoms with Crippen molar-refractivity contribution in [3.05, 3.63) is 12.4 Å². The van der Waals surface area contributed by atoms with E-state index in [9.17, 15) is 9.59 Å². The molecule has 0 aromatic rings. The highest BCUT2D eigenvalue weighted by Gasteiger charge is 2.42. The van der Waals surface area contributed by atoms with Gasteiger partial charge in [-0.15, -0.1) is 0 Å². The van der Waals surface area contributed by atoms with E-state index >= 15 is 0 Å². The zero-order valence-electron chi connectivity index (χ0n) is 15.6. The molecule has 0 aromatic heterocycles. The molecule has 4 heterocycles. The van der Waals surface area contributed by atoms with Gasteiger partial charge in [-0.2, -0.15) is 10.7 Å². The molecule has 0 radical (unpaired) electrons. The van der Waals surface area contributed by atoms with Crippen molar-refractivity contribution in [2.45, 2.75) is 37.4 Å². The third-order valence-electron chi connectivity index (χ3n) is 6.01. The molecule has 0 aliphatic carbocycles. The largest absolute Gasteiger partial charge is 0.357 e. The van der Waals surface area contributed by atoms with Crippen molar-refractivity contribution in [2.24, 2.45) is 5.92 Å². The molecule has 2 amide bonds. The number of carbonyl (C=O) groups is 2. The Balaban J connectivity index is 1.22. The van der Waals surface area contributed by atoms with Crippen molar-refractivity contribution in [1.29, 1.82) is 0 Å². The van der Waals surface area contributed by atoms with Crippen LogP contribution in [0.15, 0.2) is 12.4 Å². The summed E-state index contributed by atoms with van der Waals surface area (Å²) in [5, 5.41) is 5.11. The number of hydrogen-bond donors (Lipinski definition) is 6. The van der Waals surface area contributed by atoms with Crippen molar-refractivity contribution in [1.82, 2.24) is 47.5 Å². The summed E-state index contributed by atoms with van der Waals surface area (Å²) < 4.78 is 0. The van der Waals surface area contributed by atoms with E-state index < -0.39 is 0 Å². The lowest BCUT2D eigenvalue weighted by molar-refractivity contribution is -0.132. The molecule has 11 nitrogen and oxygen atoms in total. The number of carbonyl (C=O) groups excluding carboxylic acids is 2. The summed E-state index contributed by atoms with van der Waals surface area (Å²) in [6, 6.07) is -0.136. The number of hydrazine groups is 4. The highest BCUT2D eigenvalue weighted by Crippen LogP contribution is 2.32. The third-order valence-corrected chi connectivity index (χ3v) is 6.01. The van der Waals surface area contributed by atoms with Gasteiger partial charge in [-0.05, 0) is 25.2 Å². The van der Waals surface area contributed by atoms with Crippen LogP contribution in [-0.2, 0) is 9.59 Å². The van der Waals surface area contributed by atoms with E-state index in [-0.39, 0.29) is 23.9 Å². The molecule has 0 aromatic carbocycles. The lowest BCUT2D eigenvalue weighted by atomic mass is 10.0. The van der Waals surface area contributed by atoms with Crippen LogP contribution in [-0.4, -0.2) is 78.2 Å². The number of nitrogens with zero attached hydrogens (tertiary/aromatic N) is 3. The van der Waals surface area contributed by atoms with Gasteiger partial charge in [-0.3, -0.25) is 20.4 Å². The molecule has 4 rings (SSSR count). The van der Waals surface area contributed by atoms with Crippen LogP contribution in [0, 0.1) is 5.92 Å². The standard InChI is InChI=1S/C16H29N9O2/c1-10-23(2)12-3-4-14(24(10)8-12)16(27)21-20-15(26)13-5-11(6-17-13)7-25-19-9-18-22-25/h11-14,17-19,22H,1,3-9H2,2H3,(H,20,26)(H,21,27)/t11-,12+,13-,14-/m0/s1. The second kappa shape index (κ2) is 7.60. The number of hydrogen-bond acceptors (Lipinski definition) is 9. The number of piperidine rings is 1. The Bertz CT molecular complexity index is 609. The van der Waals surface area contributed by atoms with Gasteiger partial charge in [0.15, 0.2) is 0 Å². The molecule has 4 atom stereocenters. The fraction of sp³-hybridized carbons (Fsp3) is 0.750. The molecule has 27 heavy (non-hydrogen) atoms. The van der Waals surface area contributed by atoms with Crippen molar-refractivity contribution in [3.8, 4) is 0 Å². The number of likely N-dealkylation sites (N-methyl/N-ethyl adjacent to an activating group) is 1. The van der Waals surface area contributed by atoms with Crippen LogP contribution in [0.5, 0.6) is 0 Å². The molecule has 11 heteroatoms. The number of rotatable bonds is 4. The van der Waals surface area contributed by atoms with E-state index in [1.807, 2.05) is 17.1 Å². The van der Waals surface area contributed by atoms with Gasteiger partial charge in [-0.1, -0.05) is 6.58 Å². The average Bonchev–Trinajstić information content (AvgIpc) is 3.40. The van der Waals surface area contributed by atoms with E-state index in [0.29, 0.717) is 18.6 Å². The predicted octanol–water partition coefficient (Wildman–Crippen LogP) is -2.85. The van der Waals surface area contributed by atoms with E-state index in [2.05, 4.69) is 44.0 Å². The molecule has 2 bridgehead atoms. The van der Waals surface area contributed by atoms with Crippen LogP contribution in [0.2, 0.25) is 0 Å². The van der Waals surface area contributed by atoms with Crippen LogP contribution in [0.25, 0.3) is 0 Å². The highest BCUT2D eigenvalue weighted by molar-refractivity contribution is 5.87. The molecule has 4 saturated heterocycles. The molecule has 4 aliphatic heterocycles. The van der Waals surface area contributed by atoms with E-state index in [1.54, 1.807) is 0 Å². The molecule has 150 valence electrons.